The van der Waals surface area contributed by atoms with Crippen molar-refractivity contribution in [2.75, 3.05) is 46.0 Å². The van der Waals surface area contributed by atoms with Crippen molar-refractivity contribution < 1.29 is 57.7 Å². The van der Waals surface area contributed by atoms with Gasteiger partial charge in [0.1, 0.15) is 41.4 Å². The monoisotopic (exact) mass is 1310 g/mol. The summed E-state index contributed by atoms with van der Waals surface area (Å²) in [7, 11) is 0. The number of Topliss-reactive ketones (excluding diaryl/α,β-unsaturated/α-hetero) is 2. The molecular formula is C74H105N9O12. The molecule has 2 heterocycles. The van der Waals surface area contributed by atoms with Crippen molar-refractivity contribution in [2.45, 2.75) is 193 Å². The molecule has 95 heavy (non-hydrogen) atoms. The molecule has 0 aliphatic carbocycles. The van der Waals surface area contributed by atoms with Gasteiger partial charge in [0, 0.05) is 32.5 Å². The number of nitrogens with zero attached hydrogens (tertiary/aromatic N) is 1. The third-order valence-corrected chi connectivity index (χ3v) is 17.1. The van der Waals surface area contributed by atoms with E-state index in [1.165, 1.54) is 6.92 Å². The molecule has 2 saturated heterocycles. The maximum absolute atomic E-state index is 14.9. The molecule has 2 aliphatic rings. The Kier molecular flexibility index (Phi) is 30.2. The van der Waals surface area contributed by atoms with Crippen molar-refractivity contribution in [3.05, 3.63) is 144 Å². The van der Waals surface area contributed by atoms with Crippen LogP contribution >= 0.6 is 0 Å². The zero-order valence-electron chi connectivity index (χ0n) is 57.4. The minimum atomic E-state index is -2.22. The van der Waals surface area contributed by atoms with Crippen LogP contribution in [-0.4, -0.2) is 168 Å². The topological polar surface area (TPSA) is 295 Å². The number of rotatable bonds is 40. The molecule has 4 aromatic carbocycles. The van der Waals surface area contributed by atoms with Crippen molar-refractivity contribution in [1.82, 2.24) is 47.4 Å². The fourth-order valence-corrected chi connectivity index (χ4v) is 11.7. The van der Waals surface area contributed by atoms with Gasteiger partial charge in [-0.05, 0) is 111 Å². The number of carbonyl (C=O) groups excluding carboxylic acids is 9. The fourth-order valence-electron chi connectivity index (χ4n) is 11.7. The Hall–Kier alpha value is -7.69. The Bertz CT molecular complexity index is 3100. The highest BCUT2D eigenvalue weighted by molar-refractivity contribution is 6.00. The van der Waals surface area contributed by atoms with Crippen LogP contribution in [0.5, 0.6) is 0 Å². The van der Waals surface area contributed by atoms with Gasteiger partial charge in [0.25, 0.3) is 0 Å². The number of hydrogen-bond acceptors (Lipinski definition) is 14. The van der Waals surface area contributed by atoms with E-state index in [0.717, 1.165) is 16.7 Å². The van der Waals surface area contributed by atoms with E-state index >= 15 is 0 Å². The second kappa shape index (κ2) is 37.6. The first-order valence-electron chi connectivity index (χ1n) is 33.9. The lowest BCUT2D eigenvalue weighted by Crippen LogP contribution is -2.61. The van der Waals surface area contributed by atoms with Crippen LogP contribution in [-0.2, 0) is 78.3 Å². The number of aliphatic hydroxyl groups is 1. The van der Waals surface area contributed by atoms with Crippen molar-refractivity contribution >= 4 is 52.9 Å². The van der Waals surface area contributed by atoms with Gasteiger partial charge in [-0.25, -0.2) is 0 Å². The smallest absolute Gasteiger partial charge is 0.243 e. The van der Waals surface area contributed by atoms with Crippen molar-refractivity contribution in [3.63, 3.8) is 0 Å². The molecule has 2 fully saturated rings. The van der Waals surface area contributed by atoms with Gasteiger partial charge >= 0.3 is 0 Å². The Morgan fingerprint density at radius 1 is 0.463 bits per heavy atom. The molecule has 0 spiro atoms. The summed E-state index contributed by atoms with van der Waals surface area (Å²) in [5.74, 6) is -5.50. The number of benzene rings is 4. The first kappa shape index (κ1) is 76.3. The Morgan fingerprint density at radius 3 is 1.22 bits per heavy atom. The molecule has 0 aromatic heterocycles. The first-order chi connectivity index (χ1) is 45.2. The molecule has 9 N–H and O–H groups in total. The van der Waals surface area contributed by atoms with Gasteiger partial charge in [-0.2, -0.15) is 0 Å². The minimum Gasteiger partial charge on any atom is -0.381 e. The predicted molar refractivity (Wildman–Crippen MR) is 365 cm³/mol. The number of morpholine rings is 1. The van der Waals surface area contributed by atoms with E-state index in [2.05, 4.69) is 42.5 Å². The number of carbonyl (C=O) groups is 9. The number of ether oxygens (including phenoxy) is 2. The SMILES string of the molecule is CC(C)CC(NC(=O)[C@H](CCc1ccccc1)NC[C@@](C)(O)C(=O)C(CC(C)C)NC(=O)[C@H](Cc1ccccc1)NC(=O)C(CC(C)C)NC(=O)[C@H](CCc1ccccc1)NC(=O)CN1CCOCC1)C(=O)N[C@@H](Cc1ccccc1)C(=O)NC(CC(C)C)C(=O)C1(C)CO1. The standard InChI is InChI=1S/C74H105N9O12/c1-48(2)39-58(77-71(91)62(43-54-27-19-13-20-28-54)81-70(90)61(42-51(7)8)80-68(88)57(34-32-53-25-17-12-18-26-53)76-64(84)45-83-35-37-94-38-36-83)65(85)73(9,93)46-75-56(33-31-52-23-15-11-16-24-52)67(87)79-60(41-50(5)6)69(89)82-63(44-55-29-21-14-22-30-55)72(92)78-59(40-49(3)4)66(86)74(10)47-95-74/h11-30,48-51,56-63,75,93H,31-47H2,1-10H3,(H,76,84)(H,77,91)(H,78,92)(H,79,87)(H,80,88)(H,81,90)(H,82,89)/t56-,57-,58?,59?,60?,61?,62-,63-,73+,74?/m0/s1. The zero-order chi connectivity index (χ0) is 69.2. The molecule has 518 valence electrons. The largest absolute Gasteiger partial charge is 0.381 e. The maximum Gasteiger partial charge on any atom is 0.243 e. The van der Waals surface area contributed by atoms with Gasteiger partial charge in [-0.15, -0.1) is 0 Å². The van der Waals surface area contributed by atoms with Gasteiger partial charge in [0.2, 0.25) is 41.4 Å². The van der Waals surface area contributed by atoms with Gasteiger partial charge < -0.3 is 57.1 Å². The number of nitrogens with one attached hydrogen (secondary N) is 8. The van der Waals surface area contributed by atoms with Crippen LogP contribution in [0.3, 0.4) is 0 Å². The highest BCUT2D eigenvalue weighted by atomic mass is 16.6. The van der Waals surface area contributed by atoms with Crippen LogP contribution in [0.2, 0.25) is 0 Å². The Balaban J connectivity index is 1.20. The van der Waals surface area contributed by atoms with Gasteiger partial charge in [0.05, 0.1) is 44.5 Å². The van der Waals surface area contributed by atoms with Crippen LogP contribution in [0.4, 0.5) is 0 Å². The van der Waals surface area contributed by atoms with E-state index in [1.54, 1.807) is 31.2 Å². The van der Waals surface area contributed by atoms with Gasteiger partial charge in [-0.3, -0.25) is 48.1 Å². The van der Waals surface area contributed by atoms with Crippen LogP contribution < -0.4 is 42.5 Å². The van der Waals surface area contributed by atoms with E-state index in [0.29, 0.717) is 51.1 Å². The van der Waals surface area contributed by atoms with Gasteiger partial charge in [-0.1, -0.05) is 177 Å². The lowest BCUT2D eigenvalue weighted by atomic mass is 9.89. The normalized spacial score (nSPS) is 18.0. The number of hydrogen-bond donors (Lipinski definition) is 9. The third kappa shape index (κ3) is 26.1. The average Bonchev–Trinajstić information content (AvgIpc) is 1.72. The van der Waals surface area contributed by atoms with Crippen molar-refractivity contribution in [1.29, 1.82) is 0 Å². The summed E-state index contributed by atoms with van der Waals surface area (Å²) in [5, 5.41) is 35.9. The molecule has 2 aliphatic heterocycles. The summed E-state index contributed by atoms with van der Waals surface area (Å²) in [6, 6.07) is 28.1. The van der Waals surface area contributed by atoms with Crippen molar-refractivity contribution in [2.24, 2.45) is 23.7 Å². The first-order valence-corrected chi connectivity index (χ1v) is 33.9. The van der Waals surface area contributed by atoms with Crippen LogP contribution in [0.15, 0.2) is 121 Å². The number of aryl methyl sites for hydroxylation is 2. The average molecular weight is 1310 g/mol. The summed E-state index contributed by atoms with van der Waals surface area (Å²) in [5.41, 5.74) is 0.0713. The van der Waals surface area contributed by atoms with E-state index in [9.17, 15) is 48.3 Å². The molecule has 10 atom stereocenters. The molecule has 0 bridgehead atoms. The van der Waals surface area contributed by atoms with E-state index in [4.69, 9.17) is 9.47 Å². The molecule has 21 nitrogen and oxygen atoms in total. The van der Waals surface area contributed by atoms with E-state index < -0.39 is 107 Å². The molecule has 7 amide bonds. The third-order valence-electron chi connectivity index (χ3n) is 17.1. The number of epoxide rings is 1. The predicted octanol–water partition coefficient (Wildman–Crippen LogP) is 5.28. The second-order valence-corrected chi connectivity index (χ2v) is 27.8. The molecular weight excluding hydrogens is 1210 g/mol. The number of amides is 7. The highest BCUT2D eigenvalue weighted by Gasteiger charge is 2.50. The molecule has 0 radical (unpaired) electrons. The van der Waals surface area contributed by atoms with Crippen LogP contribution in [0.1, 0.15) is 130 Å². The molecule has 6 rings (SSSR count). The molecule has 21 heteroatoms. The van der Waals surface area contributed by atoms with Crippen LogP contribution in [0.25, 0.3) is 0 Å². The Morgan fingerprint density at radius 2 is 0.800 bits per heavy atom. The molecule has 5 unspecified atom stereocenters. The second-order valence-electron chi connectivity index (χ2n) is 27.8. The fraction of sp³-hybridized carbons (Fsp3) is 0.554. The quantitative estimate of drug-likeness (QED) is 0.0256. The summed E-state index contributed by atoms with van der Waals surface area (Å²) in [6.45, 7) is 20.2. The van der Waals surface area contributed by atoms with E-state index in [-0.39, 0.29) is 93.5 Å². The van der Waals surface area contributed by atoms with Gasteiger partial charge in [0.15, 0.2) is 11.6 Å². The minimum absolute atomic E-state index is 0.0113. The zero-order valence-corrected chi connectivity index (χ0v) is 57.4. The highest BCUT2D eigenvalue weighted by Crippen LogP contribution is 2.30. The molecule has 4 aromatic rings. The lowest BCUT2D eigenvalue weighted by Gasteiger charge is -2.32. The summed E-state index contributed by atoms with van der Waals surface area (Å²) in [4.78, 5) is 132. The maximum atomic E-state index is 14.9. The summed E-state index contributed by atoms with van der Waals surface area (Å²) in [6.07, 6.45) is 2.09. The van der Waals surface area contributed by atoms with E-state index in [1.807, 2.05) is 157 Å². The lowest BCUT2D eigenvalue weighted by molar-refractivity contribution is -0.141. The summed E-state index contributed by atoms with van der Waals surface area (Å²) >= 11 is 0. The van der Waals surface area contributed by atoms with Crippen molar-refractivity contribution in [3.8, 4) is 0 Å². The summed E-state index contributed by atoms with van der Waals surface area (Å²) < 4.78 is 10.9. The number of ketones is 2. The van der Waals surface area contributed by atoms with Crippen LogP contribution in [0, 0.1) is 23.7 Å². The Labute approximate surface area is 561 Å². The molecule has 0 saturated carbocycles.